The molecule has 3 aromatic rings. The summed E-state index contributed by atoms with van der Waals surface area (Å²) in [5.74, 6) is 0. The number of aryl methyl sites for hydroxylation is 2. The largest absolute Gasteiger partial charge is 0.349 e. The van der Waals surface area contributed by atoms with Crippen molar-refractivity contribution >= 4 is 11.0 Å². The number of nitrogens with one attached hydrogen (secondary N) is 1. The first-order chi connectivity index (χ1) is 8.29. The Kier molecular flexibility index (Phi) is 2.21. The van der Waals surface area contributed by atoms with E-state index in [2.05, 4.69) is 27.8 Å². The van der Waals surface area contributed by atoms with Crippen molar-refractivity contribution in [2.75, 3.05) is 0 Å². The quantitative estimate of drug-likeness (QED) is 0.729. The molecule has 0 aromatic carbocycles. The van der Waals surface area contributed by atoms with E-state index in [1.807, 2.05) is 25.4 Å². The van der Waals surface area contributed by atoms with Gasteiger partial charge in [0, 0.05) is 25.0 Å². The lowest BCUT2D eigenvalue weighted by Crippen LogP contribution is -1.95. The summed E-state index contributed by atoms with van der Waals surface area (Å²) in [4.78, 5) is 4.70. The van der Waals surface area contributed by atoms with Crippen molar-refractivity contribution in [2.24, 2.45) is 7.05 Å². The van der Waals surface area contributed by atoms with Crippen LogP contribution in [0.4, 0.5) is 0 Å². The van der Waals surface area contributed by atoms with Crippen molar-refractivity contribution < 1.29 is 0 Å². The summed E-state index contributed by atoms with van der Waals surface area (Å²) in [7, 11) is 2.03. The van der Waals surface area contributed by atoms with Crippen molar-refractivity contribution in [3.05, 3.63) is 36.3 Å². The second-order valence-electron chi connectivity index (χ2n) is 4.14. The molecule has 0 atom stereocenters. The molecule has 0 aliphatic carbocycles. The summed E-state index contributed by atoms with van der Waals surface area (Å²) >= 11 is 0. The highest BCUT2D eigenvalue weighted by Crippen LogP contribution is 2.25. The van der Waals surface area contributed by atoms with Crippen LogP contribution >= 0.6 is 0 Å². The van der Waals surface area contributed by atoms with E-state index in [4.69, 9.17) is 4.98 Å². The Labute approximate surface area is 99.3 Å². The lowest BCUT2D eigenvalue weighted by atomic mass is 10.1. The molecule has 4 heteroatoms. The van der Waals surface area contributed by atoms with E-state index in [0.29, 0.717) is 0 Å². The van der Waals surface area contributed by atoms with Crippen molar-refractivity contribution in [3.63, 3.8) is 0 Å². The molecule has 17 heavy (non-hydrogen) atoms. The van der Waals surface area contributed by atoms with Gasteiger partial charge in [-0.3, -0.25) is 10.1 Å². The Morgan fingerprint density at radius 3 is 2.94 bits per heavy atom. The van der Waals surface area contributed by atoms with Crippen LogP contribution in [0.5, 0.6) is 0 Å². The first-order valence-corrected chi connectivity index (χ1v) is 5.74. The highest BCUT2D eigenvalue weighted by molar-refractivity contribution is 5.82. The topological polar surface area (TPSA) is 46.5 Å². The number of pyridine rings is 1. The lowest BCUT2D eigenvalue weighted by Gasteiger charge is -2.06. The molecule has 0 amide bonds. The molecule has 3 aromatic heterocycles. The highest BCUT2D eigenvalue weighted by atomic mass is 15.1. The van der Waals surface area contributed by atoms with Crippen LogP contribution < -0.4 is 0 Å². The molecule has 0 radical (unpaired) electrons. The van der Waals surface area contributed by atoms with Crippen molar-refractivity contribution in [2.45, 2.75) is 13.3 Å². The van der Waals surface area contributed by atoms with E-state index in [0.717, 1.165) is 34.4 Å². The number of nitrogens with zero attached hydrogens (tertiary/aromatic N) is 3. The summed E-state index contributed by atoms with van der Waals surface area (Å²) in [6, 6.07) is 6.20. The molecule has 4 nitrogen and oxygen atoms in total. The van der Waals surface area contributed by atoms with Crippen molar-refractivity contribution in [1.82, 2.24) is 19.7 Å². The van der Waals surface area contributed by atoms with Crippen LogP contribution in [0.1, 0.15) is 12.6 Å². The maximum Gasteiger partial charge on any atom is 0.0884 e. The molecule has 0 aliphatic heterocycles. The van der Waals surface area contributed by atoms with Gasteiger partial charge in [-0.25, -0.2) is 0 Å². The standard InChI is InChI=1S/C13H14N4/c1-3-10-9(11-4-6-14-16-11)8-13-12(15-10)5-7-17(13)2/h4-8H,3H2,1-2H3,(H,14,16). The number of aromatic amines is 1. The fourth-order valence-electron chi connectivity index (χ4n) is 2.13. The summed E-state index contributed by atoms with van der Waals surface area (Å²) < 4.78 is 2.08. The maximum absolute atomic E-state index is 4.70. The lowest BCUT2D eigenvalue weighted by molar-refractivity contribution is 0.965. The van der Waals surface area contributed by atoms with Gasteiger partial charge in [0.15, 0.2) is 0 Å². The molecule has 0 saturated heterocycles. The van der Waals surface area contributed by atoms with E-state index >= 15 is 0 Å². The zero-order valence-corrected chi connectivity index (χ0v) is 9.94. The van der Waals surface area contributed by atoms with Gasteiger partial charge in [-0.15, -0.1) is 0 Å². The van der Waals surface area contributed by atoms with Gasteiger partial charge >= 0.3 is 0 Å². The van der Waals surface area contributed by atoms with Crippen molar-refractivity contribution in [1.29, 1.82) is 0 Å². The minimum Gasteiger partial charge on any atom is -0.349 e. The summed E-state index contributed by atoms with van der Waals surface area (Å²) in [6.45, 7) is 2.12. The van der Waals surface area contributed by atoms with E-state index in [1.165, 1.54) is 0 Å². The van der Waals surface area contributed by atoms with E-state index in [9.17, 15) is 0 Å². The minimum atomic E-state index is 0.916. The SMILES string of the molecule is CCc1nc2ccn(C)c2cc1-c1ccn[nH]1. The van der Waals surface area contributed by atoms with E-state index in [1.54, 1.807) is 6.20 Å². The second kappa shape index (κ2) is 3.73. The van der Waals surface area contributed by atoms with Crippen LogP contribution in [0.15, 0.2) is 30.6 Å². The van der Waals surface area contributed by atoms with Gasteiger partial charge in [0.1, 0.15) is 0 Å². The van der Waals surface area contributed by atoms with Gasteiger partial charge in [-0.2, -0.15) is 5.10 Å². The molecular weight excluding hydrogens is 212 g/mol. The monoisotopic (exact) mass is 226 g/mol. The first kappa shape index (κ1) is 10.1. The third kappa shape index (κ3) is 1.53. The molecule has 1 N–H and O–H groups in total. The molecule has 0 fully saturated rings. The molecule has 0 spiro atoms. The van der Waals surface area contributed by atoms with E-state index in [-0.39, 0.29) is 0 Å². The van der Waals surface area contributed by atoms with Gasteiger partial charge < -0.3 is 4.57 Å². The number of hydrogen-bond donors (Lipinski definition) is 1. The van der Waals surface area contributed by atoms with Crippen LogP contribution in [0.3, 0.4) is 0 Å². The maximum atomic E-state index is 4.70. The molecule has 0 aliphatic rings. The highest BCUT2D eigenvalue weighted by Gasteiger charge is 2.10. The molecule has 3 heterocycles. The Bertz CT molecular complexity index is 649. The molecule has 0 bridgehead atoms. The Morgan fingerprint density at radius 2 is 2.24 bits per heavy atom. The number of fused-ring (bicyclic) bond motifs is 1. The van der Waals surface area contributed by atoms with Gasteiger partial charge in [-0.1, -0.05) is 6.92 Å². The first-order valence-electron chi connectivity index (χ1n) is 5.74. The van der Waals surface area contributed by atoms with Crippen LogP contribution in [0.25, 0.3) is 22.3 Å². The summed E-state index contributed by atoms with van der Waals surface area (Å²) in [5.41, 5.74) is 5.46. The fraction of sp³-hybridized carbons (Fsp3) is 0.231. The van der Waals surface area contributed by atoms with Gasteiger partial charge in [-0.05, 0) is 24.6 Å². The second-order valence-corrected chi connectivity index (χ2v) is 4.14. The summed E-state index contributed by atoms with van der Waals surface area (Å²) in [6.07, 6.45) is 4.72. The molecule has 3 rings (SSSR count). The smallest absolute Gasteiger partial charge is 0.0884 e. The zero-order chi connectivity index (χ0) is 11.8. The predicted molar refractivity (Wildman–Crippen MR) is 67.7 cm³/mol. The van der Waals surface area contributed by atoms with Gasteiger partial charge in [0.2, 0.25) is 0 Å². The summed E-state index contributed by atoms with van der Waals surface area (Å²) in [5, 5.41) is 7.01. The number of aromatic nitrogens is 4. The Morgan fingerprint density at radius 1 is 1.35 bits per heavy atom. The van der Waals surface area contributed by atoms with Crippen LogP contribution in [-0.2, 0) is 13.5 Å². The molecular formula is C13H14N4. The molecule has 86 valence electrons. The van der Waals surface area contributed by atoms with Crippen molar-refractivity contribution in [3.8, 4) is 11.3 Å². The molecule has 0 unspecified atom stereocenters. The predicted octanol–water partition coefficient (Wildman–Crippen LogP) is 2.53. The van der Waals surface area contributed by atoms with Gasteiger partial charge in [0.25, 0.3) is 0 Å². The van der Waals surface area contributed by atoms with Crippen LogP contribution in [-0.4, -0.2) is 19.7 Å². The Balaban J connectivity index is 2.31. The minimum absolute atomic E-state index is 0.916. The van der Waals surface area contributed by atoms with Crippen LogP contribution in [0, 0.1) is 0 Å². The normalized spacial score (nSPS) is 11.2. The average molecular weight is 226 g/mol. The van der Waals surface area contributed by atoms with Crippen LogP contribution in [0.2, 0.25) is 0 Å². The third-order valence-corrected chi connectivity index (χ3v) is 3.07. The fourth-order valence-corrected chi connectivity index (χ4v) is 2.13. The van der Waals surface area contributed by atoms with Gasteiger partial charge in [0.05, 0.1) is 22.4 Å². The number of hydrogen-bond acceptors (Lipinski definition) is 2. The number of rotatable bonds is 2. The average Bonchev–Trinajstić information content (AvgIpc) is 2.98. The third-order valence-electron chi connectivity index (χ3n) is 3.07. The molecule has 0 saturated carbocycles. The zero-order valence-electron chi connectivity index (χ0n) is 9.94. The number of H-pyrrole nitrogens is 1. The Hall–Kier alpha value is -2.10. The van der Waals surface area contributed by atoms with E-state index < -0.39 is 0 Å².